The zero-order chi connectivity index (χ0) is 14.4. The van der Waals surface area contributed by atoms with Crippen molar-refractivity contribution in [3.05, 3.63) is 11.7 Å². The molecule has 116 valence electrons. The van der Waals surface area contributed by atoms with Gasteiger partial charge in [0, 0.05) is 31.2 Å². The average molecular weight is 292 g/mol. The highest BCUT2D eigenvalue weighted by atomic mass is 16.5. The third kappa shape index (κ3) is 2.49. The lowest BCUT2D eigenvalue weighted by Gasteiger charge is -2.34. The number of nitrogens with one attached hydrogen (secondary N) is 1. The van der Waals surface area contributed by atoms with Crippen LogP contribution in [-0.4, -0.2) is 52.9 Å². The molecule has 0 radical (unpaired) electrons. The maximum Gasteiger partial charge on any atom is 0.231 e. The summed E-state index contributed by atoms with van der Waals surface area (Å²) in [6, 6.07) is 1.71. The van der Waals surface area contributed by atoms with Crippen molar-refractivity contribution in [2.24, 2.45) is 0 Å². The lowest BCUT2D eigenvalue weighted by Crippen LogP contribution is -2.42. The molecule has 2 bridgehead atoms. The normalized spacial score (nSPS) is 36.7. The van der Waals surface area contributed by atoms with E-state index in [1.165, 1.54) is 12.8 Å². The highest BCUT2D eigenvalue weighted by Crippen LogP contribution is 2.39. The first kappa shape index (κ1) is 13.7. The van der Waals surface area contributed by atoms with Gasteiger partial charge in [-0.3, -0.25) is 4.90 Å². The number of ether oxygens (including phenoxy) is 1. The highest BCUT2D eigenvalue weighted by molar-refractivity contribution is 5.10. The molecule has 0 aliphatic carbocycles. The maximum atomic E-state index is 5.84. The van der Waals surface area contributed by atoms with Gasteiger partial charge in [-0.25, -0.2) is 0 Å². The van der Waals surface area contributed by atoms with Gasteiger partial charge in [0.2, 0.25) is 11.7 Å². The van der Waals surface area contributed by atoms with Crippen LogP contribution in [0.1, 0.15) is 56.8 Å². The van der Waals surface area contributed by atoms with E-state index in [9.17, 15) is 0 Å². The molecule has 6 nitrogen and oxygen atoms in total. The number of aromatic nitrogens is 2. The molecule has 3 fully saturated rings. The number of hydrogen-bond acceptors (Lipinski definition) is 6. The van der Waals surface area contributed by atoms with Gasteiger partial charge in [0.05, 0.1) is 12.5 Å². The Balaban J connectivity index is 1.47. The van der Waals surface area contributed by atoms with Crippen molar-refractivity contribution in [3.63, 3.8) is 0 Å². The second-order valence-corrected chi connectivity index (χ2v) is 6.83. The summed E-state index contributed by atoms with van der Waals surface area (Å²) < 4.78 is 11.4. The second kappa shape index (κ2) is 5.34. The topological polar surface area (TPSA) is 63.4 Å². The average Bonchev–Trinajstić information content (AvgIpc) is 3.23. The molecule has 1 aromatic heterocycles. The fraction of sp³-hybridized carbons (Fsp3) is 0.867. The fourth-order valence-corrected chi connectivity index (χ4v) is 3.92. The number of nitrogens with zero attached hydrogens (tertiary/aromatic N) is 3. The van der Waals surface area contributed by atoms with Crippen LogP contribution < -0.4 is 5.32 Å². The molecule has 4 atom stereocenters. The van der Waals surface area contributed by atoms with Gasteiger partial charge in [0.1, 0.15) is 6.10 Å². The molecule has 1 N–H and O–H groups in total. The van der Waals surface area contributed by atoms with Gasteiger partial charge < -0.3 is 14.6 Å². The van der Waals surface area contributed by atoms with Crippen LogP contribution in [0.4, 0.5) is 0 Å². The largest absolute Gasteiger partial charge is 0.367 e. The third-order valence-electron chi connectivity index (χ3n) is 5.19. The minimum absolute atomic E-state index is 0.0507. The quantitative estimate of drug-likeness (QED) is 0.910. The molecule has 4 unspecified atom stereocenters. The van der Waals surface area contributed by atoms with Crippen molar-refractivity contribution in [2.75, 3.05) is 19.7 Å². The van der Waals surface area contributed by atoms with Gasteiger partial charge >= 0.3 is 0 Å². The summed E-state index contributed by atoms with van der Waals surface area (Å²) in [5.41, 5.74) is 0. The number of morpholine rings is 1. The van der Waals surface area contributed by atoms with Crippen LogP contribution in [-0.2, 0) is 4.74 Å². The molecule has 3 aliphatic rings. The van der Waals surface area contributed by atoms with Gasteiger partial charge in [0.25, 0.3) is 0 Å². The van der Waals surface area contributed by atoms with E-state index in [1.54, 1.807) is 0 Å². The molecule has 4 rings (SSSR count). The SMILES string of the molecule is CC(C)N1CCOC(c2noc(C3CC4CCC3N4)n2)C1. The van der Waals surface area contributed by atoms with Crippen LogP contribution in [0.3, 0.4) is 0 Å². The molecule has 0 amide bonds. The summed E-state index contributed by atoms with van der Waals surface area (Å²) in [6.07, 6.45) is 3.60. The lowest BCUT2D eigenvalue weighted by molar-refractivity contribution is -0.0450. The fourth-order valence-electron chi connectivity index (χ4n) is 3.92. The van der Waals surface area contributed by atoms with E-state index in [-0.39, 0.29) is 6.10 Å². The summed E-state index contributed by atoms with van der Waals surface area (Å²) >= 11 is 0. The Morgan fingerprint density at radius 1 is 1.33 bits per heavy atom. The minimum atomic E-state index is -0.0507. The van der Waals surface area contributed by atoms with Crippen LogP contribution in [0.15, 0.2) is 4.52 Å². The van der Waals surface area contributed by atoms with E-state index >= 15 is 0 Å². The lowest BCUT2D eigenvalue weighted by atomic mass is 9.89. The molecule has 3 aliphatic heterocycles. The Kier molecular flexibility index (Phi) is 3.47. The van der Waals surface area contributed by atoms with E-state index in [0.717, 1.165) is 37.8 Å². The van der Waals surface area contributed by atoms with Crippen molar-refractivity contribution >= 4 is 0 Å². The van der Waals surface area contributed by atoms with Crippen LogP contribution in [0.25, 0.3) is 0 Å². The zero-order valence-corrected chi connectivity index (χ0v) is 12.8. The van der Waals surface area contributed by atoms with Crippen molar-refractivity contribution in [1.82, 2.24) is 20.4 Å². The first-order valence-electron chi connectivity index (χ1n) is 8.16. The van der Waals surface area contributed by atoms with Gasteiger partial charge in [-0.15, -0.1) is 0 Å². The Labute approximate surface area is 125 Å². The smallest absolute Gasteiger partial charge is 0.231 e. The van der Waals surface area contributed by atoms with E-state index in [1.807, 2.05) is 0 Å². The number of hydrogen-bond donors (Lipinski definition) is 1. The Morgan fingerprint density at radius 2 is 2.24 bits per heavy atom. The zero-order valence-electron chi connectivity index (χ0n) is 12.8. The van der Waals surface area contributed by atoms with Crippen LogP contribution >= 0.6 is 0 Å². The van der Waals surface area contributed by atoms with E-state index in [4.69, 9.17) is 9.26 Å². The molecule has 4 heterocycles. The first-order chi connectivity index (χ1) is 10.2. The highest BCUT2D eigenvalue weighted by Gasteiger charge is 2.43. The molecular formula is C15H24N4O2. The van der Waals surface area contributed by atoms with Crippen molar-refractivity contribution in [3.8, 4) is 0 Å². The monoisotopic (exact) mass is 292 g/mol. The summed E-state index contributed by atoms with van der Waals surface area (Å²) in [5.74, 6) is 1.92. The van der Waals surface area contributed by atoms with Crippen LogP contribution in [0.2, 0.25) is 0 Å². The number of fused-ring (bicyclic) bond motifs is 2. The minimum Gasteiger partial charge on any atom is -0.367 e. The predicted octanol–water partition coefficient (Wildman–Crippen LogP) is 1.46. The molecule has 6 heteroatoms. The van der Waals surface area contributed by atoms with Gasteiger partial charge in [0.15, 0.2) is 0 Å². The van der Waals surface area contributed by atoms with Crippen LogP contribution in [0, 0.1) is 0 Å². The predicted molar refractivity (Wildman–Crippen MR) is 77.0 cm³/mol. The Morgan fingerprint density at radius 3 is 2.95 bits per heavy atom. The standard InChI is InChI=1S/C15H24N4O2/c1-9(2)19-5-6-20-13(8-19)14-17-15(21-18-14)11-7-10-3-4-12(11)16-10/h9-13,16H,3-8H2,1-2H3. The summed E-state index contributed by atoms with van der Waals surface area (Å²) in [6.45, 7) is 7.00. The molecule has 21 heavy (non-hydrogen) atoms. The summed E-state index contributed by atoms with van der Waals surface area (Å²) in [4.78, 5) is 7.07. The van der Waals surface area contributed by atoms with Gasteiger partial charge in [-0.05, 0) is 33.1 Å². The van der Waals surface area contributed by atoms with E-state index in [2.05, 4.69) is 34.2 Å². The Bertz CT molecular complexity index is 504. The molecule has 3 saturated heterocycles. The Hall–Kier alpha value is -0.980. The van der Waals surface area contributed by atoms with E-state index in [0.29, 0.717) is 24.0 Å². The van der Waals surface area contributed by atoms with Gasteiger partial charge in [-0.1, -0.05) is 5.16 Å². The molecule has 0 aromatic carbocycles. The maximum absolute atomic E-state index is 5.84. The first-order valence-corrected chi connectivity index (χ1v) is 8.16. The van der Waals surface area contributed by atoms with Crippen LogP contribution in [0.5, 0.6) is 0 Å². The molecular weight excluding hydrogens is 268 g/mol. The molecule has 0 saturated carbocycles. The van der Waals surface area contributed by atoms with E-state index < -0.39 is 0 Å². The second-order valence-electron chi connectivity index (χ2n) is 6.83. The van der Waals surface area contributed by atoms with Gasteiger partial charge in [-0.2, -0.15) is 4.98 Å². The molecule has 0 spiro atoms. The number of rotatable bonds is 3. The third-order valence-corrected chi connectivity index (χ3v) is 5.19. The van der Waals surface area contributed by atoms with Crippen molar-refractivity contribution in [1.29, 1.82) is 0 Å². The summed E-state index contributed by atoms with van der Waals surface area (Å²) in [7, 11) is 0. The van der Waals surface area contributed by atoms with Crippen molar-refractivity contribution in [2.45, 2.75) is 63.3 Å². The van der Waals surface area contributed by atoms with Crippen molar-refractivity contribution < 1.29 is 9.26 Å². The molecule has 1 aromatic rings. The summed E-state index contributed by atoms with van der Waals surface area (Å²) in [5, 5.41) is 7.82.